The molecule has 1 unspecified atom stereocenters. The number of nitrogens with one attached hydrogen (secondary N) is 1. The number of carboxylic acid groups (broad SMARTS) is 1. The van der Waals surface area contributed by atoms with Crippen LogP contribution in [0.25, 0.3) is 0 Å². The molecule has 0 saturated carbocycles. The van der Waals surface area contributed by atoms with Crippen molar-refractivity contribution in [2.75, 3.05) is 17.2 Å². The second-order valence-electron chi connectivity index (χ2n) is 9.80. The number of nitrogen functional groups attached to an aromatic ring is 1. The van der Waals surface area contributed by atoms with E-state index < -0.39 is 46.5 Å². The lowest BCUT2D eigenvalue weighted by Crippen LogP contribution is -2.71. The van der Waals surface area contributed by atoms with E-state index in [9.17, 15) is 34.6 Å². The lowest BCUT2D eigenvalue weighted by Gasteiger charge is -2.49. The number of aromatic nitrogens is 6. The van der Waals surface area contributed by atoms with Gasteiger partial charge in [-0.05, 0) is 27.4 Å². The van der Waals surface area contributed by atoms with Crippen molar-refractivity contribution in [3.8, 4) is 5.75 Å². The molecule has 1 saturated heterocycles. The number of thiophene rings is 1. The van der Waals surface area contributed by atoms with Gasteiger partial charge in [0.1, 0.15) is 28.5 Å². The molecule has 0 aromatic carbocycles. The van der Waals surface area contributed by atoms with Crippen LogP contribution >= 0.6 is 46.2 Å². The van der Waals surface area contributed by atoms with Gasteiger partial charge in [0.25, 0.3) is 11.8 Å². The highest BCUT2D eigenvalue weighted by Gasteiger charge is 2.54. The quantitative estimate of drug-likeness (QED) is 0.0464. The minimum atomic E-state index is -1.29. The monoisotopic (exact) mass is 718 g/mol. The first-order chi connectivity index (χ1) is 22.5. The Labute approximate surface area is 279 Å². The van der Waals surface area contributed by atoms with E-state index in [1.165, 1.54) is 44.9 Å². The van der Waals surface area contributed by atoms with Crippen LogP contribution in [0.2, 0.25) is 0 Å². The minimum absolute atomic E-state index is 0.0191. The molecule has 2 aliphatic rings. The van der Waals surface area contributed by atoms with Gasteiger partial charge in [0.05, 0.1) is 11.1 Å². The molecule has 0 bridgehead atoms. The molecular formula is C25H22N10O8S4. The summed E-state index contributed by atoms with van der Waals surface area (Å²) in [4.78, 5) is 62.9. The van der Waals surface area contributed by atoms with Gasteiger partial charge in [0.2, 0.25) is 16.7 Å². The predicted molar refractivity (Wildman–Crippen MR) is 169 cm³/mol. The number of hydrogen-bond acceptors (Lipinski definition) is 17. The fourth-order valence-corrected chi connectivity index (χ4v) is 8.26. The van der Waals surface area contributed by atoms with E-state index in [2.05, 4.69) is 31.0 Å². The van der Waals surface area contributed by atoms with E-state index in [4.69, 9.17) is 10.6 Å². The Kier molecular flexibility index (Phi) is 8.90. The summed E-state index contributed by atoms with van der Waals surface area (Å²) in [5.41, 5.74) is 4.89. The van der Waals surface area contributed by atoms with Crippen LogP contribution < -0.4 is 16.5 Å². The first-order valence-electron chi connectivity index (χ1n) is 13.2. The largest absolute Gasteiger partial charge is 0.503 e. The van der Waals surface area contributed by atoms with Crippen LogP contribution in [0.3, 0.4) is 0 Å². The first kappa shape index (κ1) is 32.0. The van der Waals surface area contributed by atoms with Crippen molar-refractivity contribution in [1.29, 1.82) is 0 Å². The van der Waals surface area contributed by atoms with Crippen LogP contribution in [0.4, 0.5) is 5.13 Å². The molecule has 2 aliphatic heterocycles. The SMILES string of the molecule is Cn1nnnc1SCC1=C(C(=O)O)N2C(=O)[C@@H](NC(=O)/C(=N\OC(c3cccs3)c3cc(=O)c(O)cn3O)c3csc(N)n3)[C@H]2SC1. The van der Waals surface area contributed by atoms with Crippen molar-refractivity contribution in [3.63, 3.8) is 0 Å². The number of carbonyl (C=O) groups is 3. The Morgan fingerprint density at radius 3 is 2.79 bits per heavy atom. The van der Waals surface area contributed by atoms with Crippen LogP contribution in [-0.4, -0.2) is 96.7 Å². The van der Waals surface area contributed by atoms with Gasteiger partial charge in [-0.1, -0.05) is 23.0 Å². The zero-order valence-corrected chi connectivity index (χ0v) is 27.0. The lowest BCUT2D eigenvalue weighted by atomic mass is 10.0. The van der Waals surface area contributed by atoms with E-state index in [1.807, 2.05) is 0 Å². The number of carboxylic acids is 1. The number of carbonyl (C=O) groups excluding carboxylic acids is 2. The number of nitrogens with zero attached hydrogens (tertiary/aromatic N) is 8. The van der Waals surface area contributed by atoms with Gasteiger partial charge in [-0.2, -0.15) is 4.73 Å². The minimum Gasteiger partial charge on any atom is -0.503 e. The maximum absolute atomic E-state index is 13.7. The van der Waals surface area contributed by atoms with Gasteiger partial charge in [0, 0.05) is 30.0 Å². The topological polar surface area (TPSA) is 253 Å². The highest BCUT2D eigenvalue weighted by atomic mass is 32.2. The number of aliphatic carboxylic acids is 1. The third-order valence-electron chi connectivity index (χ3n) is 6.83. The summed E-state index contributed by atoms with van der Waals surface area (Å²) in [6, 6.07) is 3.20. The van der Waals surface area contributed by atoms with Gasteiger partial charge in [-0.25, -0.2) is 14.5 Å². The molecule has 4 aromatic heterocycles. The summed E-state index contributed by atoms with van der Waals surface area (Å²) in [6.45, 7) is 0. The molecule has 6 heterocycles. The average molecular weight is 719 g/mol. The number of thiazole rings is 1. The Morgan fingerprint density at radius 1 is 1.32 bits per heavy atom. The predicted octanol–water partition coefficient (Wildman–Crippen LogP) is 0.456. The van der Waals surface area contributed by atoms with Gasteiger partial charge < -0.3 is 31.3 Å². The Hall–Kier alpha value is -4.93. The molecule has 18 nitrogen and oxygen atoms in total. The van der Waals surface area contributed by atoms with Crippen LogP contribution in [-0.2, 0) is 26.3 Å². The highest BCUT2D eigenvalue weighted by molar-refractivity contribution is 8.01. The molecule has 1 fully saturated rings. The van der Waals surface area contributed by atoms with E-state index in [0.717, 1.165) is 28.5 Å². The first-order valence-corrected chi connectivity index (χ1v) is 17.0. The standard InChI is InChI=1S/C25H22N10O8S4/c1-33-25(29-31-32-33)47-8-10-7-45-22-17(21(39)35(22)18(10)23(40)41)28-20(38)16(11-9-46-24(26)27-11)30-43-19(15-3-2-4-44-15)12-5-13(36)14(37)6-34(12)42/h2-6,9,17,19,22,37,42H,7-8H2,1H3,(H2,26,27)(H,28,38)(H,40,41)/b30-16-/t17-,19?,22-/m1/s1. The number of aromatic hydroxyl groups is 1. The number of fused-ring (bicyclic) bond motifs is 1. The summed E-state index contributed by atoms with van der Waals surface area (Å²) in [5, 5.41) is 51.1. The number of rotatable bonds is 11. The molecule has 6 rings (SSSR count). The summed E-state index contributed by atoms with van der Waals surface area (Å²) >= 11 is 4.74. The number of β-lactam (4-membered cyclic amide) rings is 1. The number of oxime groups is 1. The second-order valence-corrected chi connectivity index (χ2v) is 13.7. The van der Waals surface area contributed by atoms with Crippen molar-refractivity contribution >= 4 is 74.8 Å². The normalized spacial score (nSPS) is 18.4. The zero-order chi connectivity index (χ0) is 33.4. The molecule has 2 amide bonds. The molecule has 22 heteroatoms. The smallest absolute Gasteiger partial charge is 0.352 e. The van der Waals surface area contributed by atoms with E-state index >= 15 is 0 Å². The Balaban J connectivity index is 1.25. The van der Waals surface area contributed by atoms with Gasteiger partial charge >= 0.3 is 5.97 Å². The molecule has 4 aromatic rings. The van der Waals surface area contributed by atoms with Crippen LogP contribution in [0.1, 0.15) is 22.4 Å². The molecule has 0 aliphatic carbocycles. The maximum atomic E-state index is 13.7. The highest BCUT2D eigenvalue weighted by Crippen LogP contribution is 2.41. The van der Waals surface area contributed by atoms with E-state index in [0.29, 0.717) is 20.3 Å². The molecule has 0 spiro atoms. The van der Waals surface area contributed by atoms with Gasteiger partial charge in [-0.15, -0.1) is 39.5 Å². The van der Waals surface area contributed by atoms with E-state index in [-0.39, 0.29) is 39.4 Å². The second kappa shape index (κ2) is 13.1. The zero-order valence-electron chi connectivity index (χ0n) is 23.8. The summed E-state index contributed by atoms with van der Waals surface area (Å²) < 4.78 is 1.95. The number of anilines is 1. The van der Waals surface area contributed by atoms with Crippen molar-refractivity contribution in [3.05, 3.63) is 72.9 Å². The number of hydrogen-bond donors (Lipinski definition) is 5. The number of nitrogens with two attached hydrogens (primary N) is 1. The number of amides is 2. The number of aryl methyl sites for hydroxylation is 1. The van der Waals surface area contributed by atoms with Gasteiger partial charge in [-0.3, -0.25) is 19.3 Å². The van der Waals surface area contributed by atoms with Gasteiger partial charge in [0.15, 0.2) is 16.6 Å². The van der Waals surface area contributed by atoms with Crippen molar-refractivity contribution in [2.45, 2.75) is 22.7 Å². The Bertz CT molecular complexity index is 1990. The number of pyridine rings is 1. The summed E-state index contributed by atoms with van der Waals surface area (Å²) in [5.74, 6) is -3.00. The Morgan fingerprint density at radius 2 is 2.13 bits per heavy atom. The van der Waals surface area contributed by atoms with E-state index in [1.54, 1.807) is 24.6 Å². The fraction of sp³-hybridized carbons (Fsp3) is 0.240. The molecular weight excluding hydrogens is 697 g/mol. The number of thioether (sulfide) groups is 2. The third kappa shape index (κ3) is 6.26. The summed E-state index contributed by atoms with van der Waals surface area (Å²) in [6.07, 6.45) is -0.411. The third-order valence-corrected chi connectivity index (χ3v) is 10.9. The average Bonchev–Trinajstić information content (AvgIpc) is 3.82. The molecule has 6 N–H and O–H groups in total. The molecule has 3 atom stereocenters. The van der Waals surface area contributed by atoms with Crippen LogP contribution in [0, 0.1) is 0 Å². The molecule has 0 radical (unpaired) electrons. The van der Waals surface area contributed by atoms with Crippen LogP contribution in [0.15, 0.2) is 61.5 Å². The van der Waals surface area contributed by atoms with Crippen molar-refractivity contribution < 1.29 is 34.6 Å². The lowest BCUT2D eigenvalue weighted by molar-refractivity contribution is -0.150. The fourth-order valence-electron chi connectivity index (χ4n) is 4.62. The summed E-state index contributed by atoms with van der Waals surface area (Å²) in [7, 11) is 1.65. The maximum Gasteiger partial charge on any atom is 0.352 e. The van der Waals surface area contributed by atoms with Crippen molar-refractivity contribution in [2.24, 2.45) is 12.2 Å². The number of tetrazole rings is 1. The van der Waals surface area contributed by atoms with Crippen LogP contribution in [0.5, 0.6) is 5.75 Å². The van der Waals surface area contributed by atoms with Crippen molar-refractivity contribution in [1.82, 2.24) is 40.1 Å². The molecule has 47 heavy (non-hydrogen) atoms. The molecule has 244 valence electrons.